The maximum atomic E-state index is 12.4. The number of piperidine rings is 1. The standard InChI is InChI=1S/C21H26ClN3O2/c1-15(16-6-8-17(22)9-7-16)24-21(27)14-23-19-4-2-3-5-20(19)25-12-10-18(26)11-13-25/h2-9,15,18,23,26H,10-14H2,1H3,(H,24,27). The van der Waals surface area contributed by atoms with Crippen LogP contribution in [-0.4, -0.2) is 36.8 Å². The number of carbonyl (C=O) groups is 1. The number of anilines is 2. The average molecular weight is 388 g/mol. The first-order valence-corrected chi connectivity index (χ1v) is 9.71. The van der Waals surface area contributed by atoms with Gasteiger partial charge in [-0.2, -0.15) is 0 Å². The fraction of sp³-hybridized carbons (Fsp3) is 0.381. The number of carbonyl (C=O) groups excluding carboxylic acids is 1. The van der Waals surface area contributed by atoms with Gasteiger partial charge in [0.05, 0.1) is 30.1 Å². The molecule has 1 heterocycles. The summed E-state index contributed by atoms with van der Waals surface area (Å²) >= 11 is 5.91. The number of para-hydroxylation sites is 2. The first-order valence-electron chi connectivity index (χ1n) is 9.33. The number of hydrogen-bond donors (Lipinski definition) is 3. The predicted molar refractivity (Wildman–Crippen MR) is 110 cm³/mol. The van der Waals surface area contributed by atoms with Crippen molar-refractivity contribution < 1.29 is 9.90 Å². The van der Waals surface area contributed by atoms with Gasteiger partial charge in [0.25, 0.3) is 0 Å². The van der Waals surface area contributed by atoms with Crippen LogP contribution in [-0.2, 0) is 4.79 Å². The number of halogens is 1. The van der Waals surface area contributed by atoms with E-state index in [4.69, 9.17) is 11.6 Å². The number of rotatable bonds is 6. The van der Waals surface area contributed by atoms with Gasteiger partial charge in [0.2, 0.25) is 5.91 Å². The van der Waals surface area contributed by atoms with E-state index in [0.29, 0.717) is 5.02 Å². The smallest absolute Gasteiger partial charge is 0.239 e. The highest BCUT2D eigenvalue weighted by Gasteiger charge is 2.19. The molecule has 27 heavy (non-hydrogen) atoms. The van der Waals surface area contributed by atoms with Crippen LogP contribution < -0.4 is 15.5 Å². The summed E-state index contributed by atoms with van der Waals surface area (Å²) in [6.07, 6.45) is 1.34. The second-order valence-corrected chi connectivity index (χ2v) is 7.37. The molecule has 2 aromatic rings. The Morgan fingerprint density at radius 1 is 1.19 bits per heavy atom. The molecule has 0 spiro atoms. The molecule has 0 aromatic heterocycles. The van der Waals surface area contributed by atoms with Crippen molar-refractivity contribution in [3.8, 4) is 0 Å². The Bertz CT molecular complexity index is 758. The fourth-order valence-corrected chi connectivity index (χ4v) is 3.43. The lowest BCUT2D eigenvalue weighted by Gasteiger charge is -2.33. The summed E-state index contributed by atoms with van der Waals surface area (Å²) in [5, 5.41) is 16.6. The molecule has 1 saturated heterocycles. The normalized spacial score (nSPS) is 16.0. The number of nitrogens with zero attached hydrogens (tertiary/aromatic N) is 1. The zero-order valence-corrected chi connectivity index (χ0v) is 16.2. The molecule has 0 saturated carbocycles. The van der Waals surface area contributed by atoms with Crippen LogP contribution in [0, 0.1) is 0 Å². The molecule has 144 valence electrons. The summed E-state index contributed by atoms with van der Waals surface area (Å²) in [5.74, 6) is -0.0682. The van der Waals surface area contributed by atoms with E-state index in [1.54, 1.807) is 0 Å². The molecule has 3 rings (SSSR count). The lowest BCUT2D eigenvalue weighted by Crippen LogP contribution is -2.36. The highest BCUT2D eigenvalue weighted by Crippen LogP contribution is 2.28. The summed E-state index contributed by atoms with van der Waals surface area (Å²) in [7, 11) is 0. The summed E-state index contributed by atoms with van der Waals surface area (Å²) < 4.78 is 0. The SMILES string of the molecule is CC(NC(=O)CNc1ccccc1N1CCC(O)CC1)c1ccc(Cl)cc1. The number of aliphatic hydroxyl groups excluding tert-OH is 1. The Balaban J connectivity index is 1.56. The summed E-state index contributed by atoms with van der Waals surface area (Å²) in [6.45, 7) is 3.79. The van der Waals surface area contributed by atoms with Crippen molar-refractivity contribution in [2.24, 2.45) is 0 Å². The molecule has 6 heteroatoms. The Hall–Kier alpha value is -2.24. The van der Waals surface area contributed by atoms with Crippen molar-refractivity contribution in [3.05, 3.63) is 59.1 Å². The fourth-order valence-electron chi connectivity index (χ4n) is 3.31. The lowest BCUT2D eigenvalue weighted by molar-refractivity contribution is -0.120. The highest BCUT2D eigenvalue weighted by molar-refractivity contribution is 6.30. The summed E-state index contributed by atoms with van der Waals surface area (Å²) in [5.41, 5.74) is 3.02. The number of aliphatic hydroxyl groups is 1. The van der Waals surface area contributed by atoms with Gasteiger partial charge in [-0.1, -0.05) is 35.9 Å². The molecule has 1 aliphatic rings. The third kappa shape index (κ3) is 5.37. The van der Waals surface area contributed by atoms with Crippen LogP contribution in [0.25, 0.3) is 0 Å². The van der Waals surface area contributed by atoms with Crippen LogP contribution in [0.4, 0.5) is 11.4 Å². The molecule has 0 aliphatic carbocycles. The van der Waals surface area contributed by atoms with E-state index in [-0.39, 0.29) is 24.6 Å². The topological polar surface area (TPSA) is 64.6 Å². The monoisotopic (exact) mass is 387 g/mol. The maximum Gasteiger partial charge on any atom is 0.239 e. The quantitative estimate of drug-likeness (QED) is 0.708. The van der Waals surface area contributed by atoms with Gasteiger partial charge < -0.3 is 20.6 Å². The van der Waals surface area contributed by atoms with Crippen LogP contribution in [0.15, 0.2) is 48.5 Å². The number of hydrogen-bond acceptors (Lipinski definition) is 4. The van der Waals surface area contributed by atoms with E-state index in [1.165, 1.54) is 0 Å². The van der Waals surface area contributed by atoms with Crippen molar-refractivity contribution in [2.75, 3.05) is 29.9 Å². The van der Waals surface area contributed by atoms with Crippen LogP contribution in [0.5, 0.6) is 0 Å². The average Bonchev–Trinajstić information content (AvgIpc) is 2.68. The third-order valence-corrected chi connectivity index (χ3v) is 5.15. The van der Waals surface area contributed by atoms with Gasteiger partial charge in [0, 0.05) is 18.1 Å². The molecule has 1 amide bonds. The van der Waals surface area contributed by atoms with Gasteiger partial charge >= 0.3 is 0 Å². The van der Waals surface area contributed by atoms with Gasteiger partial charge in [-0.25, -0.2) is 0 Å². The number of amides is 1. The second kappa shape index (κ2) is 9.11. The first kappa shape index (κ1) is 19.5. The minimum atomic E-state index is -0.207. The molecule has 0 radical (unpaired) electrons. The van der Waals surface area contributed by atoms with E-state index in [0.717, 1.165) is 42.9 Å². The zero-order valence-electron chi connectivity index (χ0n) is 15.5. The van der Waals surface area contributed by atoms with Crippen molar-refractivity contribution in [1.29, 1.82) is 0 Å². The van der Waals surface area contributed by atoms with Gasteiger partial charge in [0.1, 0.15) is 0 Å². The van der Waals surface area contributed by atoms with E-state index in [9.17, 15) is 9.90 Å². The molecular formula is C21H26ClN3O2. The van der Waals surface area contributed by atoms with Crippen LogP contribution in [0.3, 0.4) is 0 Å². The second-order valence-electron chi connectivity index (χ2n) is 6.93. The minimum absolute atomic E-state index is 0.0682. The van der Waals surface area contributed by atoms with Crippen molar-refractivity contribution in [2.45, 2.75) is 31.9 Å². The molecule has 1 unspecified atom stereocenters. The van der Waals surface area contributed by atoms with E-state index >= 15 is 0 Å². The Morgan fingerprint density at radius 2 is 1.85 bits per heavy atom. The molecule has 3 N–H and O–H groups in total. The third-order valence-electron chi connectivity index (χ3n) is 4.90. The summed E-state index contributed by atoms with van der Waals surface area (Å²) in [6, 6.07) is 15.4. The van der Waals surface area contributed by atoms with E-state index < -0.39 is 0 Å². The molecule has 5 nitrogen and oxygen atoms in total. The minimum Gasteiger partial charge on any atom is -0.393 e. The lowest BCUT2D eigenvalue weighted by atomic mass is 10.1. The van der Waals surface area contributed by atoms with Crippen molar-refractivity contribution in [1.82, 2.24) is 5.32 Å². The van der Waals surface area contributed by atoms with Gasteiger partial charge in [-0.05, 0) is 49.6 Å². The highest BCUT2D eigenvalue weighted by atomic mass is 35.5. The molecule has 2 aromatic carbocycles. The maximum absolute atomic E-state index is 12.4. The number of nitrogens with one attached hydrogen (secondary N) is 2. The molecular weight excluding hydrogens is 362 g/mol. The Morgan fingerprint density at radius 3 is 2.56 bits per heavy atom. The Labute approximate surface area is 165 Å². The molecule has 1 atom stereocenters. The van der Waals surface area contributed by atoms with Crippen molar-refractivity contribution >= 4 is 28.9 Å². The predicted octanol–water partition coefficient (Wildman–Crippen LogP) is 3.59. The van der Waals surface area contributed by atoms with Gasteiger partial charge in [0.15, 0.2) is 0 Å². The van der Waals surface area contributed by atoms with Crippen molar-refractivity contribution in [3.63, 3.8) is 0 Å². The first-order chi connectivity index (χ1) is 13.0. The Kier molecular flexibility index (Phi) is 6.58. The molecule has 0 bridgehead atoms. The van der Waals surface area contributed by atoms with Crippen LogP contribution in [0.2, 0.25) is 5.02 Å². The van der Waals surface area contributed by atoms with Crippen LogP contribution >= 0.6 is 11.6 Å². The van der Waals surface area contributed by atoms with Crippen LogP contribution in [0.1, 0.15) is 31.4 Å². The molecule has 1 aliphatic heterocycles. The number of benzene rings is 2. The zero-order chi connectivity index (χ0) is 19.2. The van der Waals surface area contributed by atoms with Gasteiger partial charge in [-0.15, -0.1) is 0 Å². The van der Waals surface area contributed by atoms with Gasteiger partial charge in [-0.3, -0.25) is 4.79 Å². The molecule has 1 fully saturated rings. The van der Waals surface area contributed by atoms with E-state index in [2.05, 4.69) is 15.5 Å². The summed E-state index contributed by atoms with van der Waals surface area (Å²) in [4.78, 5) is 14.6. The largest absolute Gasteiger partial charge is 0.393 e. The van der Waals surface area contributed by atoms with E-state index in [1.807, 2.05) is 55.5 Å².